The lowest BCUT2D eigenvalue weighted by Gasteiger charge is -2.31. The van der Waals surface area contributed by atoms with Crippen LogP contribution < -0.4 is 14.4 Å². The van der Waals surface area contributed by atoms with Crippen LogP contribution in [-0.4, -0.2) is 30.5 Å². The van der Waals surface area contributed by atoms with Gasteiger partial charge in [-0.1, -0.05) is 0 Å². The average Bonchev–Trinajstić information content (AvgIpc) is 2.77. The highest BCUT2D eigenvalue weighted by Gasteiger charge is 2.26. The number of carbonyl (C=O) groups is 1. The molecular weight excluding hydrogens is 246 g/mol. The number of ether oxygens (including phenoxy) is 2. The lowest BCUT2D eigenvalue weighted by Crippen LogP contribution is -2.36. The molecule has 102 valence electrons. The minimum absolute atomic E-state index is 0.203. The molecule has 2 aliphatic rings. The number of hydrogen-bond donors (Lipinski definition) is 1. The van der Waals surface area contributed by atoms with Crippen molar-refractivity contribution < 1.29 is 19.4 Å². The van der Waals surface area contributed by atoms with Gasteiger partial charge in [0.05, 0.1) is 5.92 Å². The van der Waals surface area contributed by atoms with E-state index in [1.165, 1.54) is 0 Å². The fourth-order valence-electron chi connectivity index (χ4n) is 2.65. The van der Waals surface area contributed by atoms with Crippen LogP contribution in [0.1, 0.15) is 19.8 Å². The molecule has 3 rings (SSSR count). The third kappa shape index (κ3) is 2.32. The topological polar surface area (TPSA) is 59.0 Å². The van der Waals surface area contributed by atoms with Gasteiger partial charge in [0.15, 0.2) is 11.5 Å². The molecule has 0 aromatic heterocycles. The van der Waals surface area contributed by atoms with Gasteiger partial charge in [-0.3, -0.25) is 4.79 Å². The summed E-state index contributed by atoms with van der Waals surface area (Å²) in [6.07, 6.45) is 1.16. The third-order valence-electron chi connectivity index (χ3n) is 3.72. The first-order valence-electron chi connectivity index (χ1n) is 6.58. The number of rotatable bonds is 2. The molecule has 1 aromatic carbocycles. The van der Waals surface area contributed by atoms with Gasteiger partial charge >= 0.3 is 5.97 Å². The molecule has 5 heteroatoms. The van der Waals surface area contributed by atoms with E-state index in [2.05, 4.69) is 4.90 Å². The van der Waals surface area contributed by atoms with Gasteiger partial charge in [-0.2, -0.15) is 0 Å². The van der Waals surface area contributed by atoms with Crippen LogP contribution in [-0.2, 0) is 4.79 Å². The van der Waals surface area contributed by atoms with Gasteiger partial charge in [-0.05, 0) is 25.0 Å². The fourth-order valence-corrected chi connectivity index (χ4v) is 2.65. The number of anilines is 1. The van der Waals surface area contributed by atoms with Gasteiger partial charge in [-0.25, -0.2) is 0 Å². The average molecular weight is 263 g/mol. The normalized spacial score (nSPS) is 22.6. The highest BCUT2D eigenvalue weighted by atomic mass is 16.7. The van der Waals surface area contributed by atoms with Crippen molar-refractivity contribution in [3.63, 3.8) is 0 Å². The Bertz CT molecular complexity index is 494. The van der Waals surface area contributed by atoms with Crippen LogP contribution in [0.2, 0.25) is 0 Å². The van der Waals surface area contributed by atoms with Crippen molar-refractivity contribution in [3.8, 4) is 11.5 Å². The van der Waals surface area contributed by atoms with Crippen LogP contribution in [0.25, 0.3) is 0 Å². The summed E-state index contributed by atoms with van der Waals surface area (Å²) in [7, 11) is 0. The number of carboxylic acid groups (broad SMARTS) is 1. The van der Waals surface area contributed by atoms with E-state index in [-0.39, 0.29) is 12.2 Å². The molecule has 0 bridgehead atoms. The first-order chi connectivity index (χ1) is 9.13. The van der Waals surface area contributed by atoms with Crippen LogP contribution >= 0.6 is 0 Å². The van der Waals surface area contributed by atoms with Crippen molar-refractivity contribution in [2.75, 3.05) is 18.0 Å². The number of aliphatic carboxylic acids is 1. The number of benzene rings is 1. The maximum absolute atomic E-state index is 10.9. The van der Waals surface area contributed by atoms with Crippen LogP contribution in [0.15, 0.2) is 18.2 Å². The number of nitrogens with zero attached hydrogens (tertiary/aromatic N) is 1. The predicted octanol–water partition coefficient (Wildman–Crippen LogP) is 2.10. The lowest BCUT2D eigenvalue weighted by atomic mass is 9.97. The Morgan fingerprint density at radius 3 is 2.63 bits per heavy atom. The SMILES string of the molecule is CC1Oc2ccc(N3CCC(C(=O)O)CC3)cc2O1. The molecule has 1 fully saturated rings. The van der Waals surface area contributed by atoms with E-state index >= 15 is 0 Å². The number of hydrogen-bond acceptors (Lipinski definition) is 4. The minimum Gasteiger partial charge on any atom is -0.481 e. The lowest BCUT2D eigenvalue weighted by molar-refractivity contribution is -0.142. The molecule has 1 aromatic rings. The number of fused-ring (bicyclic) bond motifs is 1. The summed E-state index contributed by atoms with van der Waals surface area (Å²) in [6.45, 7) is 3.40. The Kier molecular flexibility index (Phi) is 2.97. The molecule has 1 N–H and O–H groups in total. The quantitative estimate of drug-likeness (QED) is 0.885. The monoisotopic (exact) mass is 263 g/mol. The maximum Gasteiger partial charge on any atom is 0.306 e. The maximum atomic E-state index is 10.9. The molecule has 2 aliphatic heterocycles. The number of piperidine rings is 1. The summed E-state index contributed by atoms with van der Waals surface area (Å²) in [6, 6.07) is 5.89. The third-order valence-corrected chi connectivity index (χ3v) is 3.72. The van der Waals surface area contributed by atoms with Crippen LogP contribution in [0.4, 0.5) is 5.69 Å². The van der Waals surface area contributed by atoms with E-state index < -0.39 is 5.97 Å². The van der Waals surface area contributed by atoms with Crippen LogP contribution in [0, 0.1) is 5.92 Å². The van der Waals surface area contributed by atoms with Crippen molar-refractivity contribution in [2.45, 2.75) is 26.1 Å². The summed E-state index contributed by atoms with van der Waals surface area (Å²) in [4.78, 5) is 13.1. The summed E-state index contributed by atoms with van der Waals surface area (Å²) in [5.74, 6) is 0.659. The van der Waals surface area contributed by atoms with Gasteiger partial charge in [0.1, 0.15) is 0 Å². The van der Waals surface area contributed by atoms with E-state index in [0.29, 0.717) is 12.8 Å². The van der Waals surface area contributed by atoms with Gasteiger partial charge in [0, 0.05) is 31.8 Å². The van der Waals surface area contributed by atoms with Crippen molar-refractivity contribution >= 4 is 11.7 Å². The summed E-state index contributed by atoms with van der Waals surface area (Å²) in [5.41, 5.74) is 1.07. The summed E-state index contributed by atoms with van der Waals surface area (Å²) < 4.78 is 11.0. The van der Waals surface area contributed by atoms with Crippen LogP contribution in [0.5, 0.6) is 11.5 Å². The fraction of sp³-hybridized carbons (Fsp3) is 0.500. The molecule has 0 saturated carbocycles. The zero-order valence-corrected chi connectivity index (χ0v) is 10.8. The molecule has 0 aliphatic carbocycles. The standard InChI is InChI=1S/C14H17NO4/c1-9-18-12-3-2-11(8-13(12)19-9)15-6-4-10(5-7-15)14(16)17/h2-3,8-10H,4-7H2,1H3,(H,16,17). The largest absolute Gasteiger partial charge is 0.481 e. The molecule has 1 atom stereocenters. The van der Waals surface area contributed by atoms with Crippen molar-refractivity contribution in [3.05, 3.63) is 18.2 Å². The highest BCUT2D eigenvalue weighted by Crippen LogP contribution is 2.38. The smallest absolute Gasteiger partial charge is 0.306 e. The van der Waals surface area contributed by atoms with Crippen molar-refractivity contribution in [2.24, 2.45) is 5.92 Å². The van der Waals surface area contributed by atoms with E-state index in [1.807, 2.05) is 25.1 Å². The number of carboxylic acids is 1. The van der Waals surface area contributed by atoms with Gasteiger partial charge in [0.2, 0.25) is 6.29 Å². The van der Waals surface area contributed by atoms with Crippen molar-refractivity contribution in [1.82, 2.24) is 0 Å². The summed E-state index contributed by atoms with van der Waals surface area (Å²) >= 11 is 0. The van der Waals surface area contributed by atoms with Crippen LogP contribution in [0.3, 0.4) is 0 Å². The molecule has 19 heavy (non-hydrogen) atoms. The Hall–Kier alpha value is -1.91. The van der Waals surface area contributed by atoms with Gasteiger partial charge < -0.3 is 19.5 Å². The van der Waals surface area contributed by atoms with Gasteiger partial charge in [-0.15, -0.1) is 0 Å². The Balaban J connectivity index is 1.71. The molecule has 0 amide bonds. The molecule has 0 radical (unpaired) electrons. The second-order valence-electron chi connectivity index (χ2n) is 5.03. The van der Waals surface area contributed by atoms with Crippen molar-refractivity contribution in [1.29, 1.82) is 0 Å². The van der Waals surface area contributed by atoms with E-state index in [0.717, 1.165) is 30.3 Å². The summed E-state index contributed by atoms with van der Waals surface area (Å²) in [5, 5.41) is 9.00. The Labute approximate surface area is 111 Å². The molecule has 1 saturated heterocycles. The molecule has 2 heterocycles. The minimum atomic E-state index is -0.681. The Morgan fingerprint density at radius 1 is 1.26 bits per heavy atom. The first-order valence-corrected chi connectivity index (χ1v) is 6.58. The predicted molar refractivity (Wildman–Crippen MR) is 69.7 cm³/mol. The molecular formula is C14H17NO4. The van der Waals surface area contributed by atoms with E-state index in [1.54, 1.807) is 0 Å². The zero-order chi connectivity index (χ0) is 13.4. The van der Waals surface area contributed by atoms with Gasteiger partial charge in [0.25, 0.3) is 0 Å². The highest BCUT2D eigenvalue weighted by molar-refractivity contribution is 5.70. The van der Waals surface area contributed by atoms with E-state index in [4.69, 9.17) is 14.6 Å². The van der Waals surface area contributed by atoms with E-state index in [9.17, 15) is 4.79 Å². The molecule has 0 spiro atoms. The zero-order valence-electron chi connectivity index (χ0n) is 10.8. The second-order valence-corrected chi connectivity index (χ2v) is 5.03. The molecule has 5 nitrogen and oxygen atoms in total. The Morgan fingerprint density at radius 2 is 1.95 bits per heavy atom. The second kappa shape index (κ2) is 4.64. The first kappa shape index (κ1) is 12.1. The molecule has 1 unspecified atom stereocenters.